The summed E-state index contributed by atoms with van der Waals surface area (Å²) in [5, 5.41) is 3.75. The van der Waals surface area contributed by atoms with Crippen LogP contribution in [-0.4, -0.2) is 0 Å². The lowest BCUT2D eigenvalue weighted by Gasteiger charge is -2.11. The van der Waals surface area contributed by atoms with Gasteiger partial charge in [0.2, 0.25) is 0 Å². The average Bonchev–Trinajstić information content (AvgIpc) is 2.29. The molecule has 0 amide bonds. The molecular formula is C13H12ClFN2. The molecule has 2 rings (SSSR count). The van der Waals surface area contributed by atoms with E-state index in [-0.39, 0.29) is 5.82 Å². The van der Waals surface area contributed by atoms with E-state index < -0.39 is 0 Å². The van der Waals surface area contributed by atoms with E-state index in [0.29, 0.717) is 10.7 Å². The molecular weight excluding hydrogens is 239 g/mol. The second kappa shape index (κ2) is 4.63. The molecule has 4 heteroatoms. The average molecular weight is 251 g/mol. The Balaban J connectivity index is 2.30. The predicted octanol–water partition coefficient (Wildman–Crippen LogP) is 4.11. The summed E-state index contributed by atoms with van der Waals surface area (Å²) in [6, 6.07) is 9.64. The number of anilines is 3. The molecule has 88 valence electrons. The molecule has 0 aliphatic heterocycles. The maximum absolute atomic E-state index is 12.8. The Bertz CT molecular complexity index is 538. The molecule has 0 radical (unpaired) electrons. The van der Waals surface area contributed by atoms with E-state index >= 15 is 0 Å². The van der Waals surface area contributed by atoms with Crippen molar-refractivity contribution < 1.29 is 4.39 Å². The second-order valence-electron chi connectivity index (χ2n) is 3.82. The summed E-state index contributed by atoms with van der Waals surface area (Å²) in [4.78, 5) is 0. The minimum Gasteiger partial charge on any atom is -0.397 e. The summed E-state index contributed by atoms with van der Waals surface area (Å²) >= 11 is 5.95. The van der Waals surface area contributed by atoms with Gasteiger partial charge in [0.15, 0.2) is 0 Å². The highest BCUT2D eigenvalue weighted by atomic mass is 35.5. The number of halogens is 2. The summed E-state index contributed by atoms with van der Waals surface area (Å²) < 4.78 is 12.8. The first-order chi connectivity index (χ1) is 8.06. The molecule has 0 aliphatic rings. The molecule has 0 spiro atoms. The maximum atomic E-state index is 12.8. The number of benzene rings is 2. The van der Waals surface area contributed by atoms with Crippen LogP contribution in [0, 0.1) is 12.7 Å². The van der Waals surface area contributed by atoms with Gasteiger partial charge in [0, 0.05) is 10.7 Å². The molecule has 0 fully saturated rings. The summed E-state index contributed by atoms with van der Waals surface area (Å²) in [5.74, 6) is -0.268. The Hall–Kier alpha value is -1.74. The van der Waals surface area contributed by atoms with Gasteiger partial charge >= 0.3 is 0 Å². The zero-order chi connectivity index (χ0) is 12.4. The standard InChI is InChI=1S/C13H12ClFN2/c1-8-6-13(12(16)7-11(8)14)17-10-4-2-9(15)3-5-10/h2-7,17H,16H2,1H3. The minimum absolute atomic E-state index is 0.268. The molecule has 0 atom stereocenters. The fourth-order valence-corrected chi connectivity index (χ4v) is 1.67. The highest BCUT2D eigenvalue weighted by Gasteiger charge is 2.04. The zero-order valence-electron chi connectivity index (χ0n) is 9.30. The van der Waals surface area contributed by atoms with Crippen molar-refractivity contribution >= 4 is 28.7 Å². The van der Waals surface area contributed by atoms with Gasteiger partial charge in [-0.1, -0.05) is 11.6 Å². The highest BCUT2D eigenvalue weighted by molar-refractivity contribution is 6.31. The first kappa shape index (κ1) is 11.7. The van der Waals surface area contributed by atoms with Crippen LogP contribution < -0.4 is 11.1 Å². The minimum atomic E-state index is -0.268. The van der Waals surface area contributed by atoms with Gasteiger partial charge in [0.05, 0.1) is 11.4 Å². The van der Waals surface area contributed by atoms with Crippen LogP contribution in [0.4, 0.5) is 21.5 Å². The zero-order valence-corrected chi connectivity index (χ0v) is 10.1. The van der Waals surface area contributed by atoms with E-state index in [1.165, 1.54) is 12.1 Å². The van der Waals surface area contributed by atoms with Gasteiger partial charge in [-0.2, -0.15) is 0 Å². The topological polar surface area (TPSA) is 38.0 Å². The van der Waals surface area contributed by atoms with Gasteiger partial charge in [-0.3, -0.25) is 0 Å². The van der Waals surface area contributed by atoms with Crippen molar-refractivity contribution in [2.45, 2.75) is 6.92 Å². The first-order valence-electron chi connectivity index (χ1n) is 5.14. The third-order valence-electron chi connectivity index (χ3n) is 2.45. The third kappa shape index (κ3) is 2.68. The molecule has 0 saturated carbocycles. The number of rotatable bonds is 2. The number of nitrogen functional groups attached to an aromatic ring is 1. The van der Waals surface area contributed by atoms with E-state index in [9.17, 15) is 4.39 Å². The lowest BCUT2D eigenvalue weighted by Crippen LogP contribution is -1.97. The number of aryl methyl sites for hydroxylation is 1. The van der Waals surface area contributed by atoms with Crippen LogP contribution in [0.1, 0.15) is 5.56 Å². The molecule has 0 unspecified atom stereocenters. The molecule has 17 heavy (non-hydrogen) atoms. The monoisotopic (exact) mass is 250 g/mol. The van der Waals surface area contributed by atoms with Crippen LogP contribution in [-0.2, 0) is 0 Å². The largest absolute Gasteiger partial charge is 0.397 e. The fourth-order valence-electron chi connectivity index (χ4n) is 1.49. The van der Waals surface area contributed by atoms with Crippen LogP contribution in [0.15, 0.2) is 36.4 Å². The van der Waals surface area contributed by atoms with Gasteiger partial charge in [0.1, 0.15) is 5.82 Å². The highest BCUT2D eigenvalue weighted by Crippen LogP contribution is 2.29. The lowest BCUT2D eigenvalue weighted by atomic mass is 10.2. The van der Waals surface area contributed by atoms with Gasteiger partial charge in [-0.15, -0.1) is 0 Å². The Morgan fingerprint density at radius 2 is 1.82 bits per heavy atom. The Morgan fingerprint density at radius 1 is 1.18 bits per heavy atom. The normalized spacial score (nSPS) is 10.3. The molecule has 0 aromatic heterocycles. The molecule has 0 heterocycles. The van der Waals surface area contributed by atoms with Crippen LogP contribution in [0.5, 0.6) is 0 Å². The summed E-state index contributed by atoms with van der Waals surface area (Å²) in [6.07, 6.45) is 0. The van der Waals surface area contributed by atoms with Gasteiger partial charge in [0.25, 0.3) is 0 Å². The van der Waals surface area contributed by atoms with E-state index in [1.54, 1.807) is 18.2 Å². The molecule has 0 bridgehead atoms. The van der Waals surface area contributed by atoms with Crippen molar-refractivity contribution in [1.82, 2.24) is 0 Å². The van der Waals surface area contributed by atoms with Crippen LogP contribution in [0.3, 0.4) is 0 Å². The Labute approximate surface area is 104 Å². The fraction of sp³-hybridized carbons (Fsp3) is 0.0769. The predicted molar refractivity (Wildman–Crippen MR) is 70.3 cm³/mol. The number of hydrogen-bond acceptors (Lipinski definition) is 2. The number of nitrogens with two attached hydrogens (primary N) is 1. The van der Waals surface area contributed by atoms with Gasteiger partial charge in [-0.05, 0) is 48.9 Å². The van der Waals surface area contributed by atoms with Crippen molar-refractivity contribution in [3.05, 3.63) is 52.8 Å². The summed E-state index contributed by atoms with van der Waals surface area (Å²) in [6.45, 7) is 1.90. The van der Waals surface area contributed by atoms with Crippen molar-refractivity contribution in [3.63, 3.8) is 0 Å². The van der Waals surface area contributed by atoms with Crippen LogP contribution >= 0.6 is 11.6 Å². The van der Waals surface area contributed by atoms with Crippen LogP contribution in [0.25, 0.3) is 0 Å². The second-order valence-corrected chi connectivity index (χ2v) is 4.23. The lowest BCUT2D eigenvalue weighted by molar-refractivity contribution is 0.628. The Morgan fingerprint density at radius 3 is 2.47 bits per heavy atom. The molecule has 2 aromatic rings. The van der Waals surface area contributed by atoms with Crippen molar-refractivity contribution in [2.75, 3.05) is 11.1 Å². The SMILES string of the molecule is Cc1cc(Nc2ccc(F)cc2)c(N)cc1Cl. The van der Waals surface area contributed by atoms with Crippen molar-refractivity contribution in [1.29, 1.82) is 0 Å². The number of hydrogen-bond donors (Lipinski definition) is 2. The maximum Gasteiger partial charge on any atom is 0.123 e. The molecule has 2 aromatic carbocycles. The van der Waals surface area contributed by atoms with Gasteiger partial charge < -0.3 is 11.1 Å². The van der Waals surface area contributed by atoms with E-state index in [4.69, 9.17) is 17.3 Å². The summed E-state index contributed by atoms with van der Waals surface area (Å²) in [5.41, 5.74) is 8.88. The summed E-state index contributed by atoms with van der Waals surface area (Å²) in [7, 11) is 0. The molecule has 2 nitrogen and oxygen atoms in total. The number of nitrogens with one attached hydrogen (secondary N) is 1. The van der Waals surface area contributed by atoms with E-state index in [2.05, 4.69) is 5.32 Å². The van der Waals surface area contributed by atoms with Crippen molar-refractivity contribution in [3.8, 4) is 0 Å². The van der Waals surface area contributed by atoms with E-state index in [0.717, 1.165) is 16.9 Å². The van der Waals surface area contributed by atoms with Crippen LogP contribution in [0.2, 0.25) is 5.02 Å². The van der Waals surface area contributed by atoms with Crippen molar-refractivity contribution in [2.24, 2.45) is 0 Å². The molecule has 3 N–H and O–H groups in total. The Kier molecular flexibility index (Phi) is 3.20. The van der Waals surface area contributed by atoms with Gasteiger partial charge in [-0.25, -0.2) is 4.39 Å². The molecule has 0 saturated heterocycles. The molecule has 0 aliphatic carbocycles. The quantitative estimate of drug-likeness (QED) is 0.787. The van der Waals surface area contributed by atoms with E-state index in [1.807, 2.05) is 13.0 Å². The smallest absolute Gasteiger partial charge is 0.123 e. The third-order valence-corrected chi connectivity index (χ3v) is 2.86. The first-order valence-corrected chi connectivity index (χ1v) is 5.52.